The minimum atomic E-state index is -0.0350. The second kappa shape index (κ2) is 8.58. The summed E-state index contributed by atoms with van der Waals surface area (Å²) in [6, 6.07) is 10.7. The van der Waals surface area contributed by atoms with Crippen LogP contribution in [0.4, 0.5) is 0 Å². The predicted molar refractivity (Wildman–Crippen MR) is 113 cm³/mol. The average molecular weight is 381 g/mol. The Balaban J connectivity index is 1.56. The minimum absolute atomic E-state index is 0.0350. The Morgan fingerprint density at radius 1 is 1.11 bits per heavy atom. The van der Waals surface area contributed by atoms with Gasteiger partial charge in [-0.15, -0.1) is 0 Å². The monoisotopic (exact) mass is 380 g/mol. The molecule has 1 aliphatic heterocycles. The van der Waals surface area contributed by atoms with E-state index in [0.29, 0.717) is 12.0 Å². The van der Waals surface area contributed by atoms with E-state index in [9.17, 15) is 4.79 Å². The van der Waals surface area contributed by atoms with Crippen LogP contribution < -0.4 is 5.56 Å². The number of aromatic amines is 1. The standard InChI is InChI=1S/C23H32N4O/c1-17(2)27-13-11-26(12-14-27)16-19-9-5-6-10-20(19)23-24-21(15-22(28)25-23)18-7-3-4-8-18/h5-6,9-10,15,17-18H,3-4,7-8,11-14,16H2,1-2H3,(H,24,25,28). The van der Waals surface area contributed by atoms with Gasteiger partial charge in [0.05, 0.1) is 5.69 Å². The lowest BCUT2D eigenvalue weighted by Crippen LogP contribution is -2.48. The van der Waals surface area contributed by atoms with E-state index < -0.39 is 0 Å². The molecule has 1 aromatic carbocycles. The third kappa shape index (κ3) is 4.36. The second-order valence-electron chi connectivity index (χ2n) is 8.56. The van der Waals surface area contributed by atoms with Crippen LogP contribution in [0.25, 0.3) is 11.4 Å². The highest BCUT2D eigenvalue weighted by Gasteiger charge is 2.22. The van der Waals surface area contributed by atoms with Gasteiger partial charge in [0.25, 0.3) is 5.56 Å². The molecule has 2 heterocycles. The highest BCUT2D eigenvalue weighted by molar-refractivity contribution is 5.60. The number of aromatic nitrogens is 2. The summed E-state index contributed by atoms with van der Waals surface area (Å²) in [5, 5.41) is 0. The topological polar surface area (TPSA) is 52.2 Å². The number of hydrogen-bond donors (Lipinski definition) is 1. The van der Waals surface area contributed by atoms with Crippen LogP contribution in [0.2, 0.25) is 0 Å². The van der Waals surface area contributed by atoms with Gasteiger partial charge < -0.3 is 4.98 Å². The number of benzene rings is 1. The molecule has 0 radical (unpaired) electrons. The van der Waals surface area contributed by atoms with Crippen molar-refractivity contribution in [2.24, 2.45) is 0 Å². The summed E-state index contributed by atoms with van der Waals surface area (Å²) in [4.78, 5) is 25.3. The van der Waals surface area contributed by atoms with Gasteiger partial charge in [-0.2, -0.15) is 0 Å². The van der Waals surface area contributed by atoms with E-state index >= 15 is 0 Å². The summed E-state index contributed by atoms with van der Waals surface area (Å²) < 4.78 is 0. The number of hydrogen-bond acceptors (Lipinski definition) is 4. The van der Waals surface area contributed by atoms with Crippen molar-refractivity contribution in [2.75, 3.05) is 26.2 Å². The molecule has 2 aromatic rings. The van der Waals surface area contributed by atoms with Gasteiger partial charge in [0, 0.05) is 56.3 Å². The third-order valence-corrected chi connectivity index (χ3v) is 6.34. The van der Waals surface area contributed by atoms with Gasteiger partial charge in [-0.3, -0.25) is 14.6 Å². The Bertz CT molecular complexity index is 846. The fourth-order valence-electron chi connectivity index (χ4n) is 4.60. The van der Waals surface area contributed by atoms with Crippen LogP contribution in [-0.4, -0.2) is 52.0 Å². The smallest absolute Gasteiger partial charge is 0.251 e. The Hall–Kier alpha value is -1.98. The van der Waals surface area contributed by atoms with E-state index in [4.69, 9.17) is 4.98 Å². The first-order valence-corrected chi connectivity index (χ1v) is 10.8. The molecule has 5 heteroatoms. The van der Waals surface area contributed by atoms with Crippen molar-refractivity contribution in [1.29, 1.82) is 0 Å². The zero-order valence-corrected chi connectivity index (χ0v) is 17.2. The predicted octanol–water partition coefficient (Wildman–Crippen LogP) is 3.62. The van der Waals surface area contributed by atoms with Crippen molar-refractivity contribution in [3.63, 3.8) is 0 Å². The molecule has 0 atom stereocenters. The van der Waals surface area contributed by atoms with Crippen molar-refractivity contribution in [2.45, 2.75) is 58.0 Å². The first kappa shape index (κ1) is 19.3. The number of piperazine rings is 1. The molecule has 1 saturated carbocycles. The summed E-state index contributed by atoms with van der Waals surface area (Å²) in [5.74, 6) is 1.17. The maximum atomic E-state index is 12.3. The van der Waals surface area contributed by atoms with E-state index in [0.717, 1.165) is 62.6 Å². The lowest BCUT2D eigenvalue weighted by molar-refractivity contribution is 0.104. The highest BCUT2D eigenvalue weighted by Crippen LogP contribution is 2.33. The second-order valence-corrected chi connectivity index (χ2v) is 8.56. The molecule has 1 N–H and O–H groups in total. The van der Waals surface area contributed by atoms with Crippen molar-refractivity contribution >= 4 is 0 Å². The summed E-state index contributed by atoms with van der Waals surface area (Å²) >= 11 is 0. The summed E-state index contributed by atoms with van der Waals surface area (Å²) in [5.41, 5.74) is 3.24. The Morgan fingerprint density at radius 2 is 1.82 bits per heavy atom. The molecular formula is C23H32N4O. The molecule has 0 bridgehead atoms. The Kier molecular flexibility index (Phi) is 5.93. The molecule has 5 nitrogen and oxygen atoms in total. The lowest BCUT2D eigenvalue weighted by atomic mass is 10.0. The van der Waals surface area contributed by atoms with E-state index in [1.54, 1.807) is 6.07 Å². The van der Waals surface area contributed by atoms with Crippen LogP contribution in [0, 0.1) is 0 Å². The molecule has 0 unspecified atom stereocenters. The van der Waals surface area contributed by atoms with E-state index in [2.05, 4.69) is 46.8 Å². The average Bonchev–Trinajstić information content (AvgIpc) is 3.23. The number of rotatable bonds is 5. The summed E-state index contributed by atoms with van der Waals surface area (Å²) in [6.07, 6.45) is 4.79. The molecule has 4 rings (SSSR count). The van der Waals surface area contributed by atoms with E-state index in [1.807, 2.05) is 6.07 Å². The lowest BCUT2D eigenvalue weighted by Gasteiger charge is -2.37. The van der Waals surface area contributed by atoms with Crippen molar-refractivity contribution < 1.29 is 0 Å². The van der Waals surface area contributed by atoms with Crippen LogP contribution in [0.15, 0.2) is 35.1 Å². The SMILES string of the molecule is CC(C)N1CCN(Cc2ccccc2-c2nc(C3CCCC3)cc(=O)[nH]2)CC1. The maximum absolute atomic E-state index is 12.3. The van der Waals surface area contributed by atoms with Crippen LogP contribution in [-0.2, 0) is 6.54 Å². The normalized spacial score (nSPS) is 19.5. The van der Waals surface area contributed by atoms with Crippen LogP contribution in [0.3, 0.4) is 0 Å². The van der Waals surface area contributed by atoms with Crippen molar-refractivity contribution in [3.8, 4) is 11.4 Å². The fraction of sp³-hybridized carbons (Fsp3) is 0.565. The van der Waals surface area contributed by atoms with Crippen molar-refractivity contribution in [1.82, 2.24) is 19.8 Å². The van der Waals surface area contributed by atoms with Gasteiger partial charge in [-0.1, -0.05) is 37.1 Å². The third-order valence-electron chi connectivity index (χ3n) is 6.34. The first-order valence-electron chi connectivity index (χ1n) is 10.8. The molecule has 1 aromatic heterocycles. The number of H-pyrrole nitrogens is 1. The van der Waals surface area contributed by atoms with Gasteiger partial charge >= 0.3 is 0 Å². The molecule has 1 aliphatic carbocycles. The summed E-state index contributed by atoms with van der Waals surface area (Å²) in [6.45, 7) is 9.84. The van der Waals surface area contributed by atoms with Gasteiger partial charge in [-0.25, -0.2) is 4.98 Å². The largest absolute Gasteiger partial charge is 0.307 e. The zero-order chi connectivity index (χ0) is 19.5. The Labute approximate surface area is 167 Å². The van der Waals surface area contributed by atoms with Gasteiger partial charge in [-0.05, 0) is 32.3 Å². The minimum Gasteiger partial charge on any atom is -0.307 e. The molecule has 1 saturated heterocycles. The Morgan fingerprint density at radius 3 is 2.54 bits per heavy atom. The fourth-order valence-corrected chi connectivity index (χ4v) is 4.60. The van der Waals surface area contributed by atoms with Crippen LogP contribution in [0.5, 0.6) is 0 Å². The van der Waals surface area contributed by atoms with Gasteiger partial charge in [0.2, 0.25) is 0 Å². The van der Waals surface area contributed by atoms with Crippen LogP contribution >= 0.6 is 0 Å². The van der Waals surface area contributed by atoms with E-state index in [-0.39, 0.29) is 5.56 Å². The molecule has 150 valence electrons. The van der Waals surface area contributed by atoms with E-state index in [1.165, 1.54) is 18.4 Å². The highest BCUT2D eigenvalue weighted by atomic mass is 16.1. The number of nitrogens with zero attached hydrogens (tertiary/aromatic N) is 3. The molecule has 0 amide bonds. The molecular weight excluding hydrogens is 348 g/mol. The molecule has 0 spiro atoms. The number of nitrogens with one attached hydrogen (secondary N) is 1. The molecule has 28 heavy (non-hydrogen) atoms. The maximum Gasteiger partial charge on any atom is 0.251 e. The first-order chi connectivity index (χ1) is 13.6. The zero-order valence-electron chi connectivity index (χ0n) is 17.2. The molecule has 2 aliphatic rings. The van der Waals surface area contributed by atoms with Crippen LogP contribution in [0.1, 0.15) is 56.7 Å². The van der Waals surface area contributed by atoms with Crippen molar-refractivity contribution in [3.05, 3.63) is 51.9 Å². The van der Waals surface area contributed by atoms with Gasteiger partial charge in [0.15, 0.2) is 0 Å². The van der Waals surface area contributed by atoms with Gasteiger partial charge in [0.1, 0.15) is 5.82 Å². The quantitative estimate of drug-likeness (QED) is 0.861. The summed E-state index contributed by atoms with van der Waals surface area (Å²) in [7, 11) is 0. The molecule has 2 fully saturated rings.